The molecule has 18 heteroatoms. The molecule has 1 spiro atoms. The summed E-state index contributed by atoms with van der Waals surface area (Å²) in [5.74, 6) is 1.75. The number of hydrogen-bond donors (Lipinski definition) is 3. The molecule has 5 aromatic rings. The number of rotatable bonds is 9. The fraction of sp³-hybridized carbons (Fsp3) is 0.375. The summed E-state index contributed by atoms with van der Waals surface area (Å²) in [4.78, 5) is 73.5. The van der Waals surface area contributed by atoms with Gasteiger partial charge in [-0.15, -0.1) is 0 Å². The van der Waals surface area contributed by atoms with Gasteiger partial charge in [0.05, 0.1) is 10.7 Å². The molecule has 8 rings (SSSR count). The first-order chi connectivity index (χ1) is 28.0. The predicted molar refractivity (Wildman–Crippen MR) is 223 cm³/mol. The number of piperazine rings is 1. The minimum absolute atomic E-state index is 0.251. The van der Waals surface area contributed by atoms with Crippen molar-refractivity contribution in [2.45, 2.75) is 39.5 Å². The van der Waals surface area contributed by atoms with Crippen LogP contribution >= 0.6 is 22.9 Å². The van der Waals surface area contributed by atoms with Crippen molar-refractivity contribution in [2.75, 3.05) is 72.8 Å². The molecular weight excluding hydrogens is 893 g/mol. The Balaban J connectivity index is 0.791. The van der Waals surface area contributed by atoms with E-state index < -0.39 is 32.7 Å². The monoisotopic (exact) mass is 936 g/mol. The van der Waals surface area contributed by atoms with Gasteiger partial charge >= 0.3 is 262 Å². The number of benzene rings is 2. The molecule has 3 fully saturated rings. The van der Waals surface area contributed by atoms with Crippen LogP contribution in [0.1, 0.15) is 46.7 Å². The Morgan fingerprint density at radius 1 is 0.862 bits per heavy atom. The van der Waals surface area contributed by atoms with Crippen molar-refractivity contribution in [1.29, 1.82) is 0 Å². The molecule has 0 atom stereocenters. The van der Waals surface area contributed by atoms with E-state index in [1.807, 2.05) is 50.2 Å². The molecule has 3 N–H and O–H groups in total. The molecule has 15 nitrogen and oxygen atoms in total. The van der Waals surface area contributed by atoms with E-state index in [1.54, 1.807) is 6.07 Å². The average molecular weight is 937 g/mol. The van der Waals surface area contributed by atoms with Gasteiger partial charge in [-0.25, -0.2) is 4.79 Å². The molecule has 0 aliphatic carbocycles. The fourth-order valence-corrected chi connectivity index (χ4v) is 11.1. The number of likely N-dealkylation sites (tertiary alicyclic amines) is 1. The molecule has 0 radical (unpaired) electrons. The molecule has 2 aromatic carbocycles. The van der Waals surface area contributed by atoms with Gasteiger partial charge in [0.1, 0.15) is 0 Å². The van der Waals surface area contributed by atoms with Gasteiger partial charge in [-0.3, -0.25) is 14.6 Å². The zero-order chi connectivity index (χ0) is 40.4. The quantitative estimate of drug-likeness (QED) is 0.0863. The summed E-state index contributed by atoms with van der Waals surface area (Å²) in [5.41, 5.74) is 2.63. The average Bonchev–Trinajstić information content (AvgIpc) is 3.68. The number of halogens is 2. The number of nitrogens with zero attached hydrogens (tertiary/aromatic N) is 8. The first-order valence-electron chi connectivity index (χ1n) is 19.3. The first-order valence-corrected chi connectivity index (χ1v) is 22.5. The van der Waals surface area contributed by atoms with E-state index >= 15 is 0 Å². The van der Waals surface area contributed by atoms with Crippen molar-refractivity contribution in [3.05, 3.63) is 109 Å². The van der Waals surface area contributed by atoms with Gasteiger partial charge in [-0.2, -0.15) is 0 Å². The van der Waals surface area contributed by atoms with Crippen molar-refractivity contribution in [2.24, 2.45) is 5.41 Å². The third-order valence-electron chi connectivity index (χ3n) is 11.2. The second-order valence-corrected chi connectivity index (χ2v) is 19.1. The minimum atomic E-state index is -0.791. The van der Waals surface area contributed by atoms with E-state index in [-0.39, 0.29) is 11.3 Å². The van der Waals surface area contributed by atoms with Crippen LogP contribution in [0.15, 0.2) is 76.6 Å². The third-order valence-corrected chi connectivity index (χ3v) is 15.2. The molecule has 304 valence electrons. The summed E-state index contributed by atoms with van der Waals surface area (Å²) in [7, 11) is 0. The van der Waals surface area contributed by atoms with Crippen LogP contribution in [-0.4, -0.2) is 94.7 Å². The summed E-state index contributed by atoms with van der Waals surface area (Å²) < 4.78 is 4.10. The van der Waals surface area contributed by atoms with Gasteiger partial charge in [0.25, 0.3) is 5.56 Å². The molecule has 6 heterocycles. The molecule has 3 aliphatic heterocycles. The zero-order valence-electron chi connectivity index (χ0n) is 32.2. The van der Waals surface area contributed by atoms with Gasteiger partial charge in [0.15, 0.2) is 0 Å². The van der Waals surface area contributed by atoms with Crippen molar-refractivity contribution >= 4 is 60.9 Å². The van der Waals surface area contributed by atoms with E-state index in [0.29, 0.717) is 36.3 Å². The van der Waals surface area contributed by atoms with E-state index in [2.05, 4.69) is 49.5 Å². The number of aryl methyl sites for hydroxylation is 2. The number of carbonyl (C=O) groups excluding carboxylic acids is 2. The van der Waals surface area contributed by atoms with Crippen LogP contribution in [0.3, 0.4) is 0 Å². The van der Waals surface area contributed by atoms with Gasteiger partial charge < -0.3 is 5.32 Å². The van der Waals surface area contributed by atoms with E-state index in [0.717, 1.165) is 101 Å². The Kier molecular flexibility index (Phi) is 11.8. The predicted octanol–water partition coefficient (Wildman–Crippen LogP) is 2.67. The molecule has 3 saturated heterocycles. The Bertz CT molecular complexity index is 2410. The van der Waals surface area contributed by atoms with Gasteiger partial charge in [0, 0.05) is 12.3 Å². The number of piperidine rings is 2. The summed E-state index contributed by atoms with van der Waals surface area (Å²) >= 11 is 6.74. The Hall–Kier alpha value is -4.85. The van der Waals surface area contributed by atoms with Gasteiger partial charge in [-0.1, -0.05) is 23.7 Å². The number of nitrogens with one attached hydrogen (secondary N) is 3. The van der Waals surface area contributed by atoms with E-state index in [4.69, 9.17) is 16.6 Å². The summed E-state index contributed by atoms with van der Waals surface area (Å²) in [6.45, 7) is 10.3. The van der Waals surface area contributed by atoms with Gasteiger partial charge in [-0.05, 0) is 18.6 Å². The molecule has 3 aromatic heterocycles. The zero-order valence-corrected chi connectivity index (χ0v) is 35.9. The van der Waals surface area contributed by atoms with Crippen LogP contribution in [-0.2, 0) is 0 Å². The number of aromatic nitrogens is 5. The van der Waals surface area contributed by atoms with Crippen LogP contribution in [0, 0.1) is 19.3 Å². The van der Waals surface area contributed by atoms with Crippen LogP contribution in [0.2, 0.25) is 5.02 Å². The molecule has 0 unspecified atom stereocenters. The van der Waals surface area contributed by atoms with Crippen molar-refractivity contribution in [3.8, 4) is 5.69 Å². The van der Waals surface area contributed by atoms with Crippen LogP contribution < -0.4 is 53.2 Å². The molecule has 0 bridgehead atoms. The standard InChI is InChI=1S/C40H44ClIN11O4S/c1-26-5-3-8-30(41)35(26)48-36(55)31-25-43-38(58-31)46-32-24-33(45-27(2)44-32)50-19-21-52(22-20-50)42-37(56)51-17-12-40(13-18-51)10-15-49(16-11-40)28-6-4-7-29(23-28)53-14-9-34(54)47-39(53)57/h3-9,14,23-25H,10-13,15-22H2,1-2H3,(H,48,55)(H,47,54,57)(H,43,44,45,46)/q-1. The fourth-order valence-electron chi connectivity index (χ4n) is 7.80. The normalized spacial score (nSPS) is 17.1. The van der Waals surface area contributed by atoms with Crippen LogP contribution in [0.4, 0.5) is 32.9 Å². The molecule has 0 saturated carbocycles. The number of carbonyl (C=O) groups is 2. The van der Waals surface area contributed by atoms with Crippen molar-refractivity contribution < 1.29 is 31.1 Å². The second-order valence-electron chi connectivity index (χ2n) is 14.9. The second kappa shape index (κ2) is 17.2. The molecule has 2 amide bonds. The van der Waals surface area contributed by atoms with E-state index in [1.165, 1.54) is 34.4 Å². The number of hydrogen-bond acceptors (Lipinski definition) is 12. The summed E-state index contributed by atoms with van der Waals surface area (Å²) in [5, 5.41) is 7.16. The number of H-pyrrole nitrogens is 1. The topological polar surface area (TPSA) is 165 Å². The maximum absolute atomic E-state index is 13.5. The number of amides is 2. The van der Waals surface area contributed by atoms with Crippen LogP contribution in [0.25, 0.3) is 5.69 Å². The number of anilines is 5. The van der Waals surface area contributed by atoms with E-state index in [9.17, 15) is 19.2 Å². The van der Waals surface area contributed by atoms with Crippen molar-refractivity contribution in [3.63, 3.8) is 0 Å². The Morgan fingerprint density at radius 3 is 2.33 bits per heavy atom. The number of thiazole rings is 1. The first kappa shape index (κ1) is 40.0. The van der Waals surface area contributed by atoms with Crippen LogP contribution in [0.5, 0.6) is 0 Å². The van der Waals surface area contributed by atoms with Crippen molar-refractivity contribution in [1.82, 2.24) is 32.5 Å². The Morgan fingerprint density at radius 2 is 1.59 bits per heavy atom. The Labute approximate surface area is 355 Å². The number of aromatic amines is 1. The maximum atomic E-state index is 13.5. The number of para-hydroxylation sites is 1. The van der Waals surface area contributed by atoms with Gasteiger partial charge in [0.2, 0.25) is 0 Å². The molecule has 58 heavy (non-hydrogen) atoms. The summed E-state index contributed by atoms with van der Waals surface area (Å²) in [6.07, 6.45) is 7.23. The third kappa shape index (κ3) is 9.06. The SMILES string of the molecule is Cc1nc(Nc2ncc(C(=O)Nc3c(C)cccc3Cl)s2)cc(N2CCN([I-]C(=O)N3CCC4(CC3)CCN(c3cccc(-n5ccc(=O)[nH]c5=O)c3)CC4)CC2)n1. The molecule has 3 aliphatic rings. The molecular formula is C40H44ClIN11O4S-. The summed E-state index contributed by atoms with van der Waals surface area (Å²) in [6, 6.07) is 16.6.